The van der Waals surface area contributed by atoms with Gasteiger partial charge in [-0.15, -0.1) is 0 Å². The van der Waals surface area contributed by atoms with Crippen LogP contribution in [0.2, 0.25) is 5.02 Å². The maximum absolute atomic E-state index is 13.1. The van der Waals surface area contributed by atoms with Gasteiger partial charge in [0.05, 0.1) is 10.2 Å². The fourth-order valence-electron chi connectivity index (χ4n) is 3.37. The normalized spacial score (nSPS) is 14.6. The Morgan fingerprint density at radius 2 is 1.89 bits per heavy atom. The number of rotatable bonds is 6. The van der Waals surface area contributed by atoms with Crippen LogP contribution in [-0.2, 0) is 14.4 Å². The van der Waals surface area contributed by atoms with Gasteiger partial charge in [-0.3, -0.25) is 24.6 Å². The van der Waals surface area contributed by atoms with Crippen LogP contribution in [0.4, 0.5) is 11.4 Å². The second-order valence-corrected chi connectivity index (χ2v) is 9.43. The Morgan fingerprint density at radius 1 is 1.14 bits per heavy atom. The molecular formula is C26H19BrClN3O4S. The monoisotopic (exact) mass is 583 g/mol. The van der Waals surface area contributed by atoms with Crippen molar-refractivity contribution in [3.63, 3.8) is 0 Å². The first-order valence-electron chi connectivity index (χ1n) is 10.7. The first kappa shape index (κ1) is 25.6. The minimum Gasteiger partial charge on any atom is -0.483 e. The molecule has 1 aliphatic rings. The van der Waals surface area contributed by atoms with Crippen LogP contribution in [0.3, 0.4) is 0 Å². The van der Waals surface area contributed by atoms with E-state index in [0.717, 1.165) is 5.56 Å². The van der Waals surface area contributed by atoms with Crippen LogP contribution in [0.5, 0.6) is 5.75 Å². The number of thiocarbonyl (C=S) groups is 1. The highest BCUT2D eigenvalue weighted by Crippen LogP contribution is 2.28. The summed E-state index contributed by atoms with van der Waals surface area (Å²) in [7, 11) is 0. The summed E-state index contributed by atoms with van der Waals surface area (Å²) < 4.78 is 6.16. The van der Waals surface area contributed by atoms with Crippen molar-refractivity contribution in [2.24, 2.45) is 0 Å². The molecule has 1 saturated heterocycles. The van der Waals surface area contributed by atoms with Gasteiger partial charge >= 0.3 is 0 Å². The Labute approximate surface area is 226 Å². The molecule has 0 unspecified atom stereocenters. The molecule has 3 aromatic carbocycles. The van der Waals surface area contributed by atoms with Crippen molar-refractivity contribution in [1.82, 2.24) is 5.32 Å². The lowest BCUT2D eigenvalue weighted by molar-refractivity contribution is -0.122. The molecule has 182 valence electrons. The van der Waals surface area contributed by atoms with Crippen molar-refractivity contribution in [2.45, 2.75) is 6.92 Å². The molecule has 1 fully saturated rings. The standard InChI is InChI=1S/C26H19BrClN3O4S/c1-15-7-9-17(13-21(15)28)29-23(32)14-35-22-10-8-16(12-20(22)27)11-19-24(33)30-26(36)31(25(19)34)18-5-3-2-4-6-18/h2-13H,14H2,1H3,(H,29,32)(H,30,33,36)/b19-11-. The van der Waals surface area contributed by atoms with Gasteiger partial charge in [-0.2, -0.15) is 0 Å². The van der Waals surface area contributed by atoms with Gasteiger partial charge in [-0.05, 0) is 88.7 Å². The van der Waals surface area contributed by atoms with Gasteiger partial charge in [0.1, 0.15) is 11.3 Å². The second kappa shape index (κ2) is 11.0. The Balaban J connectivity index is 1.46. The summed E-state index contributed by atoms with van der Waals surface area (Å²) in [4.78, 5) is 39.1. The Kier molecular flexibility index (Phi) is 7.83. The molecule has 0 radical (unpaired) electrons. The quantitative estimate of drug-likeness (QED) is 0.235. The van der Waals surface area contributed by atoms with E-state index in [1.54, 1.807) is 54.6 Å². The molecule has 0 saturated carbocycles. The summed E-state index contributed by atoms with van der Waals surface area (Å²) in [6.07, 6.45) is 1.47. The van der Waals surface area contributed by atoms with Crippen molar-refractivity contribution in [3.05, 3.63) is 92.9 Å². The maximum Gasteiger partial charge on any atom is 0.270 e. The molecule has 0 atom stereocenters. The third kappa shape index (κ3) is 5.81. The number of anilines is 2. The maximum atomic E-state index is 13.1. The molecular weight excluding hydrogens is 566 g/mol. The van der Waals surface area contributed by atoms with Gasteiger partial charge < -0.3 is 10.1 Å². The van der Waals surface area contributed by atoms with Crippen LogP contribution >= 0.6 is 39.7 Å². The van der Waals surface area contributed by atoms with E-state index in [2.05, 4.69) is 26.6 Å². The summed E-state index contributed by atoms with van der Waals surface area (Å²) in [5.74, 6) is -1.05. The SMILES string of the molecule is Cc1ccc(NC(=O)COc2ccc(/C=C3/C(=O)NC(=S)N(c4ccccc4)C3=O)cc2Br)cc1Cl. The molecule has 7 nitrogen and oxygen atoms in total. The summed E-state index contributed by atoms with van der Waals surface area (Å²) in [5.41, 5.74) is 2.54. The lowest BCUT2D eigenvalue weighted by Crippen LogP contribution is -2.54. The molecule has 1 aliphatic heterocycles. The van der Waals surface area contributed by atoms with E-state index in [1.807, 2.05) is 19.1 Å². The van der Waals surface area contributed by atoms with Crippen LogP contribution in [0.25, 0.3) is 6.08 Å². The van der Waals surface area contributed by atoms with Crippen LogP contribution in [0, 0.1) is 6.92 Å². The minimum atomic E-state index is -0.582. The summed E-state index contributed by atoms with van der Waals surface area (Å²) in [5, 5.41) is 5.85. The van der Waals surface area contributed by atoms with Crippen LogP contribution in [-0.4, -0.2) is 29.4 Å². The van der Waals surface area contributed by atoms with E-state index in [1.165, 1.54) is 11.0 Å². The number of nitrogens with one attached hydrogen (secondary N) is 2. The average molecular weight is 585 g/mol. The third-order valence-corrected chi connectivity index (χ3v) is 6.51. The Hall–Kier alpha value is -3.53. The summed E-state index contributed by atoms with van der Waals surface area (Å²) in [6.45, 7) is 1.65. The van der Waals surface area contributed by atoms with Gasteiger partial charge in [0.2, 0.25) is 0 Å². The second-order valence-electron chi connectivity index (χ2n) is 7.78. The van der Waals surface area contributed by atoms with E-state index in [0.29, 0.717) is 32.2 Å². The number of hydrogen-bond donors (Lipinski definition) is 2. The molecule has 0 aliphatic carbocycles. The number of halogens is 2. The predicted octanol–water partition coefficient (Wildman–Crippen LogP) is 5.26. The number of hydrogen-bond acceptors (Lipinski definition) is 5. The first-order chi connectivity index (χ1) is 17.2. The number of nitrogens with zero attached hydrogens (tertiary/aromatic N) is 1. The molecule has 36 heavy (non-hydrogen) atoms. The Bertz CT molecular complexity index is 1410. The molecule has 0 spiro atoms. The highest BCUT2D eigenvalue weighted by Gasteiger charge is 2.34. The largest absolute Gasteiger partial charge is 0.483 e. The molecule has 4 rings (SSSR count). The number of carbonyl (C=O) groups is 3. The van der Waals surface area contributed by atoms with E-state index < -0.39 is 11.8 Å². The topological polar surface area (TPSA) is 87.7 Å². The lowest BCUT2D eigenvalue weighted by Gasteiger charge is -2.28. The summed E-state index contributed by atoms with van der Waals surface area (Å²) in [6, 6.07) is 19.0. The van der Waals surface area contributed by atoms with Crippen molar-refractivity contribution < 1.29 is 19.1 Å². The van der Waals surface area contributed by atoms with Crippen LogP contribution < -0.4 is 20.3 Å². The lowest BCUT2D eigenvalue weighted by atomic mass is 10.1. The number of para-hydroxylation sites is 1. The van der Waals surface area contributed by atoms with E-state index in [-0.39, 0.29) is 23.2 Å². The van der Waals surface area contributed by atoms with Crippen molar-refractivity contribution in [2.75, 3.05) is 16.8 Å². The van der Waals surface area contributed by atoms with Crippen LogP contribution in [0.15, 0.2) is 76.8 Å². The molecule has 1 heterocycles. The zero-order valence-electron chi connectivity index (χ0n) is 18.9. The van der Waals surface area contributed by atoms with E-state index in [9.17, 15) is 14.4 Å². The van der Waals surface area contributed by atoms with Gasteiger partial charge in [0, 0.05) is 10.7 Å². The number of aryl methyl sites for hydroxylation is 1. The fraction of sp³-hybridized carbons (Fsp3) is 0.0769. The van der Waals surface area contributed by atoms with Gasteiger partial charge in [-0.1, -0.05) is 41.9 Å². The summed E-state index contributed by atoms with van der Waals surface area (Å²) >= 11 is 14.7. The van der Waals surface area contributed by atoms with Crippen molar-refractivity contribution >= 4 is 80.0 Å². The Morgan fingerprint density at radius 3 is 2.58 bits per heavy atom. The predicted molar refractivity (Wildman–Crippen MR) is 147 cm³/mol. The highest BCUT2D eigenvalue weighted by atomic mass is 79.9. The molecule has 3 aromatic rings. The van der Waals surface area contributed by atoms with E-state index >= 15 is 0 Å². The van der Waals surface area contributed by atoms with Gasteiger partial charge in [0.25, 0.3) is 17.7 Å². The van der Waals surface area contributed by atoms with Crippen molar-refractivity contribution in [1.29, 1.82) is 0 Å². The number of carbonyl (C=O) groups excluding carboxylic acids is 3. The van der Waals surface area contributed by atoms with Crippen molar-refractivity contribution in [3.8, 4) is 5.75 Å². The number of amides is 3. The van der Waals surface area contributed by atoms with Gasteiger partial charge in [0.15, 0.2) is 11.7 Å². The fourth-order valence-corrected chi connectivity index (χ4v) is 4.34. The molecule has 2 N–H and O–H groups in total. The zero-order chi connectivity index (χ0) is 25.8. The zero-order valence-corrected chi connectivity index (χ0v) is 22.0. The molecule has 0 bridgehead atoms. The molecule has 0 aromatic heterocycles. The molecule has 3 amide bonds. The van der Waals surface area contributed by atoms with Gasteiger partial charge in [-0.25, -0.2) is 0 Å². The first-order valence-corrected chi connectivity index (χ1v) is 12.3. The highest BCUT2D eigenvalue weighted by molar-refractivity contribution is 9.10. The molecule has 10 heteroatoms. The van der Waals surface area contributed by atoms with Crippen LogP contribution in [0.1, 0.15) is 11.1 Å². The third-order valence-electron chi connectivity index (χ3n) is 5.20. The number of benzene rings is 3. The smallest absolute Gasteiger partial charge is 0.270 e. The minimum absolute atomic E-state index is 0.0180. The average Bonchev–Trinajstić information content (AvgIpc) is 2.84. The van der Waals surface area contributed by atoms with E-state index in [4.69, 9.17) is 28.6 Å². The number of ether oxygens (including phenoxy) is 1.